The van der Waals surface area contributed by atoms with E-state index in [2.05, 4.69) is 494 Å². The molecule has 9 heteroatoms. The molecule has 0 spiro atoms. The fourth-order valence-corrected chi connectivity index (χ4v) is 24.9. The lowest BCUT2D eigenvalue weighted by Gasteiger charge is -2.23. The molecule has 0 radical (unpaired) electrons. The second kappa shape index (κ2) is 35.4. The van der Waals surface area contributed by atoms with Gasteiger partial charge in [0.05, 0.1) is 61.3 Å². The first-order valence-corrected chi connectivity index (χ1v) is 51.1. The van der Waals surface area contributed by atoms with E-state index in [9.17, 15) is 0 Å². The van der Waals surface area contributed by atoms with Crippen LogP contribution >= 0.6 is 11.3 Å². The predicted octanol–water partition coefficient (Wildman–Crippen LogP) is 36.7. The molecule has 147 heavy (non-hydrogen) atoms. The Morgan fingerprint density at radius 2 is 0.694 bits per heavy atom. The lowest BCUT2D eigenvalue weighted by molar-refractivity contribution is 0.666. The number of para-hydroxylation sites is 3. The van der Waals surface area contributed by atoms with Crippen LogP contribution in [0.4, 0.5) is 0 Å². The second-order valence-electron chi connectivity index (χ2n) is 38.9. The van der Waals surface area contributed by atoms with Crippen molar-refractivity contribution in [3.8, 4) is 140 Å². The van der Waals surface area contributed by atoms with E-state index in [1.54, 1.807) is 0 Å². The molecule has 0 saturated carbocycles. The molecule has 690 valence electrons. The SMILES string of the molecule is CC1(C)c2ccccc2-c2c(-c3ccccn3)cc3c(c21)c1ccc(-c2cccc(-c4cc(-c5ccccc5)ccn4)c2)cc1n3-c1ccccc1.c1ccc(-c2ccc(-c3ccc4c5c6sc7ccccc7c6ccc5n(-c5ccccc5)c4c3)c(-c3ccccn3)c2)cc1.c1ccc(-n2c3cc(-c4cccc(-c5ccccn5)c4)ccc3c3c4oc5ccc(C6c7ccccc7-c7ccccc76)cc5c4ccc32)cc1. The van der Waals surface area contributed by atoms with Crippen LogP contribution in [0.1, 0.15) is 47.6 Å². The zero-order valence-electron chi connectivity index (χ0n) is 80.5. The monoisotopic (exact) mass is 1890 g/mol. The summed E-state index contributed by atoms with van der Waals surface area (Å²) < 4.78 is 16.8. The topological polar surface area (TPSA) is 79.5 Å². The van der Waals surface area contributed by atoms with E-state index in [1.165, 1.54) is 153 Å². The van der Waals surface area contributed by atoms with E-state index in [0.717, 1.165) is 123 Å². The Morgan fingerprint density at radius 1 is 0.245 bits per heavy atom. The van der Waals surface area contributed by atoms with Crippen molar-refractivity contribution in [2.75, 3.05) is 0 Å². The average molecular weight is 1900 g/mol. The molecule has 0 aliphatic heterocycles. The van der Waals surface area contributed by atoms with Gasteiger partial charge in [-0.15, -0.1) is 11.3 Å². The van der Waals surface area contributed by atoms with Gasteiger partial charge >= 0.3 is 0 Å². The van der Waals surface area contributed by atoms with Gasteiger partial charge in [-0.05, 0) is 269 Å². The quantitative estimate of drug-likeness (QED) is 0.115. The third-order valence-electron chi connectivity index (χ3n) is 30.3. The van der Waals surface area contributed by atoms with Crippen molar-refractivity contribution in [1.82, 2.24) is 33.6 Å². The van der Waals surface area contributed by atoms with E-state index in [4.69, 9.17) is 19.4 Å². The highest BCUT2D eigenvalue weighted by atomic mass is 32.1. The van der Waals surface area contributed by atoms with Crippen molar-refractivity contribution < 1.29 is 4.42 Å². The van der Waals surface area contributed by atoms with Crippen molar-refractivity contribution in [3.05, 3.63) is 538 Å². The van der Waals surface area contributed by atoms with Crippen molar-refractivity contribution in [3.63, 3.8) is 0 Å². The molecule has 0 bridgehead atoms. The van der Waals surface area contributed by atoms with E-state index >= 15 is 0 Å². The summed E-state index contributed by atoms with van der Waals surface area (Å²) in [5.41, 5.74) is 44.1. The summed E-state index contributed by atoms with van der Waals surface area (Å²) in [5, 5.41) is 12.4. The molecular weight excluding hydrogens is 1800 g/mol. The van der Waals surface area contributed by atoms with E-state index in [0.29, 0.717) is 0 Å². The minimum absolute atomic E-state index is 0.185. The van der Waals surface area contributed by atoms with Crippen molar-refractivity contribution in [2.24, 2.45) is 0 Å². The molecule has 0 unspecified atom stereocenters. The maximum Gasteiger partial charge on any atom is 0.145 e. The smallest absolute Gasteiger partial charge is 0.145 e. The molecule has 2 aliphatic carbocycles. The molecule has 9 aromatic heterocycles. The Balaban J connectivity index is 0.000000107. The number of fused-ring (bicyclic) bond motifs is 24. The van der Waals surface area contributed by atoms with Gasteiger partial charge < -0.3 is 18.1 Å². The summed E-state index contributed by atoms with van der Waals surface area (Å²) >= 11 is 1.89. The number of furan rings is 1. The van der Waals surface area contributed by atoms with Gasteiger partial charge in [-0.3, -0.25) is 19.9 Å². The Hall–Kier alpha value is -18.8. The molecule has 30 rings (SSSR count). The van der Waals surface area contributed by atoms with Gasteiger partial charge in [-0.1, -0.05) is 335 Å². The summed E-state index contributed by atoms with van der Waals surface area (Å²) in [5.74, 6) is 0.185. The highest BCUT2D eigenvalue weighted by Gasteiger charge is 2.41. The van der Waals surface area contributed by atoms with Crippen LogP contribution in [0.3, 0.4) is 0 Å². The van der Waals surface area contributed by atoms with Crippen molar-refractivity contribution >= 4 is 119 Å². The first-order valence-electron chi connectivity index (χ1n) is 50.3. The lowest BCUT2D eigenvalue weighted by atomic mass is 9.79. The third kappa shape index (κ3) is 14.5. The highest BCUT2D eigenvalue weighted by Crippen LogP contribution is 2.58. The second-order valence-corrected chi connectivity index (χ2v) is 40.0. The lowest BCUT2D eigenvalue weighted by Crippen LogP contribution is -2.15. The number of hydrogen-bond donors (Lipinski definition) is 0. The van der Waals surface area contributed by atoms with Crippen LogP contribution in [0.2, 0.25) is 0 Å². The Bertz CT molecular complexity index is 10000. The number of benzene rings is 19. The fourth-order valence-electron chi connectivity index (χ4n) is 23.6. The number of pyridine rings is 4. The van der Waals surface area contributed by atoms with Gasteiger partial charge in [0, 0.05) is 133 Å². The normalized spacial score (nSPS) is 12.4. The minimum atomic E-state index is -0.209. The molecule has 9 heterocycles. The Labute approximate surface area is 853 Å². The largest absolute Gasteiger partial charge is 0.455 e. The maximum atomic E-state index is 6.84. The summed E-state index contributed by atoms with van der Waals surface area (Å²) in [4.78, 5) is 19.1. The van der Waals surface area contributed by atoms with Crippen LogP contribution in [0.15, 0.2) is 515 Å². The highest BCUT2D eigenvalue weighted by molar-refractivity contribution is 7.26. The number of rotatable bonds is 13. The van der Waals surface area contributed by atoms with Crippen molar-refractivity contribution in [1.29, 1.82) is 0 Å². The molecule has 8 nitrogen and oxygen atoms in total. The standard InChI is InChI=1S/C49H35N3.C48H30N2O.C41H26N2S/c1-49(2)41-21-10-9-20-38(41)46-40(42-22-11-12-26-50-42)31-45-47(48(46)49)39-24-23-34(30-44(39)52(45)37-18-7-4-8-19-37)33-16-13-17-36(28-33)43-29-35(25-27-51-43)32-14-5-3-6-15-32;1-2-13-34(14-3-1)50-43-24-23-39-41-28-33(46-37-17-6-4-15-35(37)36-16-5-7-18-38(36)46)21-25-45(41)51-48(39)47(43)40-22-20-31(29-44(40)50)30-11-10-12-32(27-30)42-19-8-9-26-49-42;1-3-11-27(12-4-1)28-18-20-31(35(25-28)36-16-9-10-24-42-36)29-19-21-34-38(26-29)43(30-13-5-2-6-14-30)37-23-22-33-32-15-7-8-17-39(32)44-41(33)40(34)37/h3-31H,1-2H3;1-29,46H;1-26H. The van der Waals surface area contributed by atoms with E-state index in [-0.39, 0.29) is 11.3 Å². The third-order valence-corrected chi connectivity index (χ3v) is 31.5. The molecule has 0 atom stereocenters. The molecule has 19 aromatic carbocycles. The van der Waals surface area contributed by atoms with E-state index < -0.39 is 0 Å². The van der Waals surface area contributed by atoms with Crippen LogP contribution in [-0.2, 0) is 5.41 Å². The average Bonchev–Trinajstić information content (AvgIpc) is 1.52. The van der Waals surface area contributed by atoms with Crippen LogP contribution in [0.25, 0.3) is 248 Å². The Kier molecular flexibility index (Phi) is 20.7. The van der Waals surface area contributed by atoms with Gasteiger partial charge in [0.1, 0.15) is 11.2 Å². The first kappa shape index (κ1) is 86.1. The Morgan fingerprint density at radius 3 is 1.31 bits per heavy atom. The predicted molar refractivity (Wildman–Crippen MR) is 613 cm³/mol. The summed E-state index contributed by atoms with van der Waals surface area (Å²) in [6, 6.07) is 175. The number of hydrogen-bond acceptors (Lipinski definition) is 6. The zero-order valence-corrected chi connectivity index (χ0v) is 81.3. The van der Waals surface area contributed by atoms with Gasteiger partial charge in [0.15, 0.2) is 0 Å². The zero-order chi connectivity index (χ0) is 97.3. The molecule has 0 amide bonds. The maximum absolute atomic E-state index is 6.84. The van der Waals surface area contributed by atoms with Crippen LogP contribution in [0, 0.1) is 0 Å². The molecule has 0 N–H and O–H groups in total. The van der Waals surface area contributed by atoms with Gasteiger partial charge in [-0.25, -0.2) is 0 Å². The number of nitrogens with zero attached hydrogens (tertiary/aromatic N) is 7. The first-order chi connectivity index (χ1) is 72.7. The molecular formula is C138H91N7OS. The van der Waals surface area contributed by atoms with Gasteiger partial charge in [0.2, 0.25) is 0 Å². The number of aromatic nitrogens is 7. The summed E-state index contributed by atoms with van der Waals surface area (Å²) in [7, 11) is 0. The van der Waals surface area contributed by atoms with Crippen LogP contribution in [-0.4, -0.2) is 33.6 Å². The van der Waals surface area contributed by atoms with Gasteiger partial charge in [-0.2, -0.15) is 0 Å². The molecule has 28 aromatic rings. The van der Waals surface area contributed by atoms with E-state index in [1.807, 2.05) is 60.4 Å². The molecule has 2 aliphatic rings. The van der Waals surface area contributed by atoms with Crippen LogP contribution < -0.4 is 0 Å². The van der Waals surface area contributed by atoms with Crippen LogP contribution in [0.5, 0.6) is 0 Å². The molecule has 0 saturated heterocycles. The number of thiophene rings is 1. The summed E-state index contributed by atoms with van der Waals surface area (Å²) in [6.45, 7) is 4.76. The summed E-state index contributed by atoms with van der Waals surface area (Å²) in [6.07, 6.45) is 7.53. The van der Waals surface area contributed by atoms with Gasteiger partial charge in [0.25, 0.3) is 0 Å². The fraction of sp³-hybridized carbons (Fsp3) is 0.0290. The van der Waals surface area contributed by atoms with Crippen molar-refractivity contribution in [2.45, 2.75) is 25.2 Å². The molecule has 0 fully saturated rings. The minimum Gasteiger partial charge on any atom is -0.455 e.